The van der Waals surface area contributed by atoms with E-state index in [0.29, 0.717) is 11.6 Å². The summed E-state index contributed by atoms with van der Waals surface area (Å²) in [5, 5.41) is 9.41. The van der Waals surface area contributed by atoms with E-state index < -0.39 is 6.04 Å². The third kappa shape index (κ3) is 2.17. The molecule has 96 valence electrons. The molecule has 1 atom stereocenters. The molecule has 1 aliphatic rings. The Balaban J connectivity index is 1.74. The molecule has 0 radical (unpaired) electrons. The van der Waals surface area contributed by atoms with E-state index in [9.17, 15) is 9.59 Å². The van der Waals surface area contributed by atoms with E-state index in [1.54, 1.807) is 12.1 Å². The maximum atomic E-state index is 12.1. The molecule has 0 spiro atoms. The summed E-state index contributed by atoms with van der Waals surface area (Å²) >= 11 is 0. The molecule has 0 aliphatic carbocycles. The van der Waals surface area contributed by atoms with Crippen LogP contribution < -0.4 is 10.6 Å². The average Bonchev–Trinajstić information content (AvgIpc) is 2.88. The standard InChI is InChI=1S/C12H11N5O2/c18-10-6-9(16-12-13-7-14-17(10)12)11(19)15-8-4-2-1-3-5-8/h1-5,7,9H,6H2,(H,15,19)(H,13,14,16)/t9-/m1/s1. The lowest BCUT2D eigenvalue weighted by molar-refractivity contribution is -0.117. The summed E-state index contributed by atoms with van der Waals surface area (Å²) in [6.07, 6.45) is 1.33. The summed E-state index contributed by atoms with van der Waals surface area (Å²) < 4.78 is 1.16. The summed E-state index contributed by atoms with van der Waals surface area (Å²) in [7, 11) is 0. The molecule has 0 bridgehead atoms. The quantitative estimate of drug-likeness (QED) is 0.828. The molecule has 1 aromatic heterocycles. The minimum atomic E-state index is -0.635. The zero-order valence-electron chi connectivity index (χ0n) is 9.91. The topological polar surface area (TPSA) is 88.9 Å². The Morgan fingerprint density at radius 2 is 2.16 bits per heavy atom. The number of aromatic nitrogens is 3. The Labute approximate surface area is 108 Å². The molecule has 2 aromatic rings. The number of nitrogens with zero attached hydrogens (tertiary/aromatic N) is 3. The smallest absolute Gasteiger partial charge is 0.252 e. The first-order valence-corrected chi connectivity index (χ1v) is 5.80. The number of amides is 1. The van der Waals surface area contributed by atoms with E-state index in [4.69, 9.17) is 0 Å². The number of para-hydroxylation sites is 1. The summed E-state index contributed by atoms with van der Waals surface area (Å²) in [6.45, 7) is 0. The highest BCUT2D eigenvalue weighted by Crippen LogP contribution is 2.15. The summed E-state index contributed by atoms with van der Waals surface area (Å²) in [5.74, 6) is -0.224. The first-order valence-electron chi connectivity index (χ1n) is 5.80. The van der Waals surface area contributed by atoms with E-state index in [1.165, 1.54) is 6.33 Å². The Morgan fingerprint density at radius 3 is 2.95 bits per heavy atom. The van der Waals surface area contributed by atoms with Crippen molar-refractivity contribution in [3.8, 4) is 0 Å². The summed E-state index contributed by atoms with van der Waals surface area (Å²) in [6, 6.07) is 8.44. The number of carbonyl (C=O) groups is 2. The Hall–Kier alpha value is -2.70. The molecule has 0 saturated heterocycles. The van der Waals surface area contributed by atoms with Crippen LogP contribution in [0.1, 0.15) is 11.2 Å². The maximum absolute atomic E-state index is 12.1. The molecule has 0 fully saturated rings. The third-order valence-electron chi connectivity index (χ3n) is 2.82. The normalized spacial score (nSPS) is 17.5. The lowest BCUT2D eigenvalue weighted by Gasteiger charge is -2.22. The van der Waals surface area contributed by atoms with Gasteiger partial charge in [0.25, 0.3) is 5.91 Å². The number of carbonyl (C=O) groups excluding carboxylic acids is 2. The van der Waals surface area contributed by atoms with Crippen molar-refractivity contribution in [2.75, 3.05) is 10.6 Å². The van der Waals surface area contributed by atoms with E-state index in [1.807, 2.05) is 18.2 Å². The van der Waals surface area contributed by atoms with Gasteiger partial charge in [0, 0.05) is 5.69 Å². The molecular formula is C12H11N5O2. The zero-order chi connectivity index (χ0) is 13.2. The second-order valence-corrected chi connectivity index (χ2v) is 4.15. The number of benzene rings is 1. The number of rotatable bonds is 2. The molecule has 19 heavy (non-hydrogen) atoms. The zero-order valence-corrected chi connectivity index (χ0v) is 9.91. The molecule has 7 nitrogen and oxygen atoms in total. The predicted molar refractivity (Wildman–Crippen MR) is 67.7 cm³/mol. The van der Waals surface area contributed by atoms with Crippen molar-refractivity contribution in [3.05, 3.63) is 36.7 Å². The van der Waals surface area contributed by atoms with Gasteiger partial charge < -0.3 is 10.6 Å². The number of fused-ring (bicyclic) bond motifs is 1. The average molecular weight is 257 g/mol. The molecular weight excluding hydrogens is 246 g/mol. The third-order valence-corrected chi connectivity index (χ3v) is 2.82. The van der Waals surface area contributed by atoms with Gasteiger partial charge in [-0.05, 0) is 12.1 Å². The molecule has 3 rings (SSSR count). The van der Waals surface area contributed by atoms with Gasteiger partial charge in [0.1, 0.15) is 12.4 Å². The van der Waals surface area contributed by atoms with Gasteiger partial charge in [-0.15, -0.1) is 0 Å². The van der Waals surface area contributed by atoms with Crippen molar-refractivity contribution in [2.45, 2.75) is 12.5 Å². The molecule has 0 unspecified atom stereocenters. The molecule has 1 aliphatic heterocycles. The van der Waals surface area contributed by atoms with Gasteiger partial charge in [0.05, 0.1) is 6.42 Å². The van der Waals surface area contributed by atoms with Crippen LogP contribution in [-0.2, 0) is 4.79 Å². The SMILES string of the molecule is O=C(Nc1ccccc1)[C@H]1CC(=O)n2ncnc2N1. The Kier molecular flexibility index (Phi) is 2.71. The van der Waals surface area contributed by atoms with E-state index in [-0.39, 0.29) is 18.2 Å². The largest absolute Gasteiger partial charge is 0.342 e. The van der Waals surface area contributed by atoms with Crippen LogP contribution in [0.3, 0.4) is 0 Å². The van der Waals surface area contributed by atoms with Crippen molar-refractivity contribution < 1.29 is 9.59 Å². The van der Waals surface area contributed by atoms with E-state index in [0.717, 1.165) is 4.68 Å². The fourth-order valence-electron chi connectivity index (χ4n) is 1.90. The molecule has 1 amide bonds. The van der Waals surface area contributed by atoms with E-state index >= 15 is 0 Å². The van der Waals surface area contributed by atoms with Crippen molar-refractivity contribution in [3.63, 3.8) is 0 Å². The summed E-state index contributed by atoms with van der Waals surface area (Å²) in [4.78, 5) is 27.7. The van der Waals surface area contributed by atoms with E-state index in [2.05, 4.69) is 20.7 Å². The van der Waals surface area contributed by atoms with Gasteiger partial charge in [-0.3, -0.25) is 9.59 Å². The van der Waals surface area contributed by atoms with Crippen LogP contribution in [-0.4, -0.2) is 32.6 Å². The molecule has 1 aromatic carbocycles. The van der Waals surface area contributed by atoms with Gasteiger partial charge in [-0.2, -0.15) is 14.8 Å². The minimum Gasteiger partial charge on any atom is -0.342 e. The minimum absolute atomic E-state index is 0.0506. The number of hydrogen-bond acceptors (Lipinski definition) is 5. The first-order chi connectivity index (χ1) is 9.24. The van der Waals surface area contributed by atoms with Crippen LogP contribution in [0.15, 0.2) is 36.7 Å². The van der Waals surface area contributed by atoms with Crippen LogP contribution in [0, 0.1) is 0 Å². The van der Waals surface area contributed by atoms with Crippen LogP contribution in [0.25, 0.3) is 0 Å². The second kappa shape index (κ2) is 4.52. The highest BCUT2D eigenvalue weighted by atomic mass is 16.2. The van der Waals surface area contributed by atoms with Gasteiger partial charge >= 0.3 is 0 Å². The monoisotopic (exact) mass is 257 g/mol. The summed E-state index contributed by atoms with van der Waals surface area (Å²) in [5.41, 5.74) is 0.689. The second-order valence-electron chi connectivity index (χ2n) is 4.15. The number of anilines is 2. The lowest BCUT2D eigenvalue weighted by atomic mass is 10.1. The van der Waals surface area contributed by atoms with Gasteiger partial charge in [0.15, 0.2) is 0 Å². The first kappa shape index (κ1) is 11.4. The molecule has 2 N–H and O–H groups in total. The van der Waals surface area contributed by atoms with Crippen molar-refractivity contribution in [1.29, 1.82) is 0 Å². The van der Waals surface area contributed by atoms with Crippen LogP contribution in [0.4, 0.5) is 11.6 Å². The fourth-order valence-corrected chi connectivity index (χ4v) is 1.90. The van der Waals surface area contributed by atoms with Crippen LogP contribution in [0.2, 0.25) is 0 Å². The Morgan fingerprint density at radius 1 is 1.37 bits per heavy atom. The number of nitrogens with one attached hydrogen (secondary N) is 2. The van der Waals surface area contributed by atoms with Crippen LogP contribution >= 0.6 is 0 Å². The molecule has 7 heteroatoms. The van der Waals surface area contributed by atoms with Crippen molar-refractivity contribution >= 4 is 23.5 Å². The Bertz CT molecular complexity index is 622. The van der Waals surface area contributed by atoms with Gasteiger partial charge in [-0.25, -0.2) is 0 Å². The number of hydrogen-bond donors (Lipinski definition) is 2. The van der Waals surface area contributed by atoms with Crippen LogP contribution in [0.5, 0.6) is 0 Å². The molecule has 0 saturated carbocycles. The molecule has 2 heterocycles. The van der Waals surface area contributed by atoms with Gasteiger partial charge in [-0.1, -0.05) is 18.2 Å². The van der Waals surface area contributed by atoms with Crippen molar-refractivity contribution in [1.82, 2.24) is 14.8 Å². The maximum Gasteiger partial charge on any atom is 0.252 e. The lowest BCUT2D eigenvalue weighted by Crippen LogP contribution is -2.42. The van der Waals surface area contributed by atoms with Crippen molar-refractivity contribution in [2.24, 2.45) is 0 Å². The fraction of sp³-hybridized carbons (Fsp3) is 0.167. The predicted octanol–water partition coefficient (Wildman–Crippen LogP) is 0.741. The highest BCUT2D eigenvalue weighted by Gasteiger charge is 2.30. The van der Waals surface area contributed by atoms with Gasteiger partial charge in [0.2, 0.25) is 11.9 Å². The highest BCUT2D eigenvalue weighted by molar-refractivity contribution is 6.00.